The predicted molar refractivity (Wildman–Crippen MR) is 62.4 cm³/mol. The first-order chi connectivity index (χ1) is 7.04. The van der Waals surface area contributed by atoms with Gasteiger partial charge in [-0.3, -0.25) is 4.79 Å². The Morgan fingerprint density at radius 1 is 1.80 bits per heavy atom. The Morgan fingerprint density at radius 2 is 2.47 bits per heavy atom. The third-order valence-corrected chi connectivity index (χ3v) is 3.24. The number of carbonyl (C=O) groups excluding carboxylic acids is 1. The number of amides is 1. The van der Waals surface area contributed by atoms with E-state index >= 15 is 0 Å². The van der Waals surface area contributed by atoms with Crippen LogP contribution >= 0.6 is 27.3 Å². The molecule has 1 heterocycles. The molecule has 1 rings (SSSR count). The molecule has 0 radical (unpaired) electrons. The van der Waals surface area contributed by atoms with E-state index in [0.717, 1.165) is 3.79 Å². The largest absolute Gasteiger partial charge is 0.409 e. The van der Waals surface area contributed by atoms with Gasteiger partial charge in [-0.2, -0.15) is 0 Å². The lowest BCUT2D eigenvalue weighted by Crippen LogP contribution is -2.42. The van der Waals surface area contributed by atoms with E-state index in [0.29, 0.717) is 5.56 Å². The zero-order valence-corrected chi connectivity index (χ0v) is 10.3. The highest BCUT2D eigenvalue weighted by molar-refractivity contribution is 9.11. The molecule has 0 saturated carbocycles. The van der Waals surface area contributed by atoms with Crippen LogP contribution in [0, 0.1) is 0 Å². The Kier molecular flexibility index (Phi) is 4.10. The van der Waals surface area contributed by atoms with E-state index in [4.69, 9.17) is 10.9 Å². The second-order valence-electron chi connectivity index (χ2n) is 2.86. The van der Waals surface area contributed by atoms with Crippen LogP contribution in [0.4, 0.5) is 0 Å². The second-order valence-corrected chi connectivity index (χ2v) is 5.15. The summed E-state index contributed by atoms with van der Waals surface area (Å²) in [5, 5.41) is 15.5. The molecule has 82 valence electrons. The van der Waals surface area contributed by atoms with Gasteiger partial charge in [0.05, 0.1) is 15.4 Å². The number of hydrogen-bond acceptors (Lipinski definition) is 4. The number of hydrogen-bond donors (Lipinski definition) is 3. The van der Waals surface area contributed by atoms with Crippen molar-refractivity contribution in [2.24, 2.45) is 10.9 Å². The summed E-state index contributed by atoms with van der Waals surface area (Å²) < 4.78 is 0.879. The van der Waals surface area contributed by atoms with Crippen molar-refractivity contribution in [2.75, 3.05) is 0 Å². The van der Waals surface area contributed by atoms with Crippen LogP contribution in [-0.2, 0) is 0 Å². The number of oxime groups is 1. The number of carbonyl (C=O) groups is 1. The van der Waals surface area contributed by atoms with Crippen LogP contribution in [-0.4, -0.2) is 23.0 Å². The molecule has 1 amide bonds. The van der Waals surface area contributed by atoms with Gasteiger partial charge in [-0.15, -0.1) is 11.3 Å². The van der Waals surface area contributed by atoms with Gasteiger partial charge < -0.3 is 16.3 Å². The SMILES string of the molecule is CC(NC(=O)c1csc(Br)c1)C(N)=NO. The maximum atomic E-state index is 11.6. The lowest BCUT2D eigenvalue weighted by atomic mass is 10.2. The maximum absolute atomic E-state index is 11.6. The lowest BCUT2D eigenvalue weighted by molar-refractivity contribution is 0.0949. The lowest BCUT2D eigenvalue weighted by Gasteiger charge is -2.10. The monoisotopic (exact) mass is 291 g/mol. The van der Waals surface area contributed by atoms with Gasteiger partial charge >= 0.3 is 0 Å². The molecule has 0 aliphatic carbocycles. The van der Waals surface area contributed by atoms with Gasteiger partial charge in [0, 0.05) is 5.38 Å². The molecular formula is C8H10BrN3O2S. The summed E-state index contributed by atoms with van der Waals surface area (Å²) in [6, 6.07) is 1.21. The molecule has 1 aromatic heterocycles. The molecule has 4 N–H and O–H groups in total. The quantitative estimate of drug-likeness (QED) is 0.340. The van der Waals surface area contributed by atoms with Gasteiger partial charge in [-0.25, -0.2) is 0 Å². The van der Waals surface area contributed by atoms with Crippen LogP contribution in [0.25, 0.3) is 0 Å². The Morgan fingerprint density at radius 3 is 2.93 bits per heavy atom. The number of thiophene rings is 1. The predicted octanol–water partition coefficient (Wildman–Crippen LogP) is 1.38. The molecule has 0 aromatic carbocycles. The zero-order valence-electron chi connectivity index (χ0n) is 7.90. The Bertz CT molecular complexity index is 391. The fraction of sp³-hybridized carbons (Fsp3) is 0.250. The molecule has 0 fully saturated rings. The van der Waals surface area contributed by atoms with Gasteiger partial charge in [0.25, 0.3) is 5.91 Å². The number of nitrogens with zero attached hydrogens (tertiary/aromatic N) is 1. The van der Waals surface area contributed by atoms with Crippen molar-refractivity contribution in [2.45, 2.75) is 13.0 Å². The maximum Gasteiger partial charge on any atom is 0.252 e. The third kappa shape index (κ3) is 3.21. The molecule has 0 saturated heterocycles. The van der Waals surface area contributed by atoms with Gasteiger partial charge in [0.2, 0.25) is 0 Å². The van der Waals surface area contributed by atoms with Crippen molar-refractivity contribution < 1.29 is 10.0 Å². The topological polar surface area (TPSA) is 87.7 Å². The minimum absolute atomic E-state index is 0.0300. The van der Waals surface area contributed by atoms with E-state index in [9.17, 15) is 4.79 Å². The summed E-state index contributed by atoms with van der Waals surface area (Å²) >= 11 is 4.68. The minimum Gasteiger partial charge on any atom is -0.409 e. The minimum atomic E-state index is -0.499. The van der Waals surface area contributed by atoms with Crippen molar-refractivity contribution in [3.05, 3.63) is 20.8 Å². The number of nitrogens with two attached hydrogens (primary N) is 1. The van der Waals surface area contributed by atoms with Crippen LogP contribution in [0.15, 0.2) is 20.4 Å². The summed E-state index contributed by atoms with van der Waals surface area (Å²) in [6.07, 6.45) is 0. The van der Waals surface area contributed by atoms with Crippen molar-refractivity contribution >= 4 is 39.0 Å². The Balaban J connectivity index is 2.64. The molecule has 7 heteroatoms. The first-order valence-electron chi connectivity index (χ1n) is 4.07. The number of rotatable bonds is 3. The Hall–Kier alpha value is -1.08. The fourth-order valence-electron chi connectivity index (χ4n) is 0.870. The summed E-state index contributed by atoms with van der Waals surface area (Å²) in [6.45, 7) is 1.63. The first-order valence-corrected chi connectivity index (χ1v) is 5.74. The van der Waals surface area contributed by atoms with E-state index in [2.05, 4.69) is 26.4 Å². The highest BCUT2D eigenvalue weighted by Crippen LogP contribution is 2.20. The molecule has 0 spiro atoms. The molecule has 5 nitrogen and oxygen atoms in total. The molecule has 0 aliphatic heterocycles. The van der Waals surface area contributed by atoms with Crippen LogP contribution in [0.1, 0.15) is 17.3 Å². The smallest absolute Gasteiger partial charge is 0.252 e. The van der Waals surface area contributed by atoms with Crippen molar-refractivity contribution in [3.63, 3.8) is 0 Å². The normalized spacial score (nSPS) is 13.6. The average molecular weight is 292 g/mol. The van der Waals surface area contributed by atoms with E-state index in [-0.39, 0.29) is 11.7 Å². The van der Waals surface area contributed by atoms with E-state index < -0.39 is 6.04 Å². The first kappa shape index (κ1) is 12.0. The molecule has 1 aromatic rings. The van der Waals surface area contributed by atoms with Gasteiger partial charge in [-0.1, -0.05) is 5.16 Å². The summed E-state index contributed by atoms with van der Waals surface area (Å²) in [7, 11) is 0. The molecule has 1 atom stereocenters. The van der Waals surface area contributed by atoms with Gasteiger partial charge in [0.1, 0.15) is 0 Å². The van der Waals surface area contributed by atoms with E-state index in [1.807, 2.05) is 0 Å². The summed E-state index contributed by atoms with van der Waals surface area (Å²) in [5.41, 5.74) is 5.87. The average Bonchev–Trinajstić information content (AvgIpc) is 2.63. The van der Waals surface area contributed by atoms with E-state index in [1.165, 1.54) is 11.3 Å². The van der Waals surface area contributed by atoms with Crippen molar-refractivity contribution in [3.8, 4) is 0 Å². The summed E-state index contributed by atoms with van der Waals surface area (Å²) in [5.74, 6) is -0.284. The molecular weight excluding hydrogens is 282 g/mol. The highest BCUT2D eigenvalue weighted by atomic mass is 79.9. The van der Waals surface area contributed by atoms with Crippen molar-refractivity contribution in [1.29, 1.82) is 0 Å². The summed E-state index contributed by atoms with van der Waals surface area (Å²) in [4.78, 5) is 11.6. The van der Waals surface area contributed by atoms with Crippen LogP contribution in [0.3, 0.4) is 0 Å². The number of amidine groups is 1. The molecule has 0 bridgehead atoms. The molecule has 1 unspecified atom stereocenters. The van der Waals surface area contributed by atoms with Gasteiger partial charge in [0.15, 0.2) is 5.84 Å². The van der Waals surface area contributed by atoms with Crippen LogP contribution in [0.2, 0.25) is 0 Å². The molecule has 15 heavy (non-hydrogen) atoms. The van der Waals surface area contributed by atoms with Crippen LogP contribution in [0.5, 0.6) is 0 Å². The van der Waals surface area contributed by atoms with E-state index in [1.54, 1.807) is 18.4 Å². The number of nitrogens with one attached hydrogen (secondary N) is 1. The van der Waals surface area contributed by atoms with Crippen LogP contribution < -0.4 is 11.1 Å². The van der Waals surface area contributed by atoms with Crippen molar-refractivity contribution in [1.82, 2.24) is 5.32 Å². The highest BCUT2D eigenvalue weighted by Gasteiger charge is 2.13. The number of halogens is 1. The Labute approximate surface area is 99.1 Å². The van der Waals surface area contributed by atoms with Gasteiger partial charge in [-0.05, 0) is 28.9 Å². The fourth-order valence-corrected chi connectivity index (χ4v) is 2.01. The standard InChI is InChI=1S/C8H10BrN3O2S/c1-4(7(10)12-14)11-8(13)5-2-6(9)15-3-5/h2-4,14H,1H3,(H2,10,12)(H,11,13). The third-order valence-electron chi connectivity index (χ3n) is 1.74. The zero-order chi connectivity index (χ0) is 11.4. The molecule has 0 aliphatic rings. The second kappa shape index (κ2) is 5.13.